The number of hydrogen-bond donors (Lipinski definition) is 3. The molecule has 1 saturated heterocycles. The zero-order chi connectivity index (χ0) is 22.9. The van der Waals surface area contributed by atoms with Crippen LogP contribution < -0.4 is 10.6 Å². The number of aryl methyl sites for hydroxylation is 1. The first kappa shape index (κ1) is 22.5. The SMILES string of the molecule is CC1(C)CC(NC(=O)CCCc2c(-c3ccccn3)[nH]c3ccc(F)cc23)CC(C)(C)N1. The van der Waals surface area contributed by atoms with Crippen LogP contribution in [0.5, 0.6) is 0 Å². The monoisotopic (exact) mass is 436 g/mol. The van der Waals surface area contributed by atoms with Gasteiger partial charge in [-0.2, -0.15) is 0 Å². The van der Waals surface area contributed by atoms with Crippen LogP contribution in [-0.2, 0) is 11.2 Å². The van der Waals surface area contributed by atoms with Crippen LogP contribution in [0.2, 0.25) is 0 Å². The predicted molar refractivity (Wildman–Crippen MR) is 127 cm³/mol. The van der Waals surface area contributed by atoms with Gasteiger partial charge in [0.25, 0.3) is 0 Å². The summed E-state index contributed by atoms with van der Waals surface area (Å²) in [5.74, 6) is -0.187. The molecule has 2 aromatic heterocycles. The van der Waals surface area contributed by atoms with Crippen LogP contribution in [-0.4, -0.2) is 33.0 Å². The highest BCUT2D eigenvalue weighted by Crippen LogP contribution is 2.31. The largest absolute Gasteiger partial charge is 0.353 e. The fourth-order valence-corrected chi connectivity index (χ4v) is 5.36. The molecule has 0 aliphatic carbocycles. The summed E-state index contributed by atoms with van der Waals surface area (Å²) in [7, 11) is 0. The van der Waals surface area contributed by atoms with Crippen LogP contribution >= 0.6 is 0 Å². The van der Waals surface area contributed by atoms with Crippen LogP contribution in [0.3, 0.4) is 0 Å². The number of aromatic amines is 1. The number of hydrogen-bond acceptors (Lipinski definition) is 3. The van der Waals surface area contributed by atoms with Crippen molar-refractivity contribution in [3.63, 3.8) is 0 Å². The maximum Gasteiger partial charge on any atom is 0.220 e. The fourth-order valence-electron chi connectivity index (χ4n) is 5.36. The number of carbonyl (C=O) groups excluding carboxylic acids is 1. The van der Waals surface area contributed by atoms with Gasteiger partial charge in [-0.05, 0) is 89.3 Å². The van der Waals surface area contributed by atoms with Crippen molar-refractivity contribution in [3.05, 3.63) is 54.0 Å². The van der Waals surface area contributed by atoms with Crippen molar-refractivity contribution in [1.29, 1.82) is 0 Å². The van der Waals surface area contributed by atoms with Gasteiger partial charge in [0.15, 0.2) is 0 Å². The van der Waals surface area contributed by atoms with Crippen molar-refractivity contribution < 1.29 is 9.18 Å². The number of carbonyl (C=O) groups is 1. The Bertz CT molecular complexity index is 1090. The van der Waals surface area contributed by atoms with Crippen LogP contribution in [0.1, 0.15) is 58.9 Å². The van der Waals surface area contributed by atoms with Crippen LogP contribution in [0.15, 0.2) is 42.6 Å². The van der Waals surface area contributed by atoms with E-state index in [2.05, 4.69) is 48.3 Å². The van der Waals surface area contributed by atoms with E-state index in [4.69, 9.17) is 0 Å². The van der Waals surface area contributed by atoms with Gasteiger partial charge < -0.3 is 15.6 Å². The molecule has 3 heterocycles. The molecule has 5 nitrogen and oxygen atoms in total. The van der Waals surface area contributed by atoms with E-state index in [9.17, 15) is 9.18 Å². The van der Waals surface area contributed by atoms with E-state index in [0.717, 1.165) is 40.7 Å². The number of pyridine rings is 1. The molecule has 0 bridgehead atoms. The summed E-state index contributed by atoms with van der Waals surface area (Å²) >= 11 is 0. The van der Waals surface area contributed by atoms with Gasteiger partial charge in [-0.15, -0.1) is 0 Å². The highest BCUT2D eigenvalue weighted by atomic mass is 19.1. The molecule has 3 aromatic rings. The minimum Gasteiger partial charge on any atom is -0.353 e. The van der Waals surface area contributed by atoms with E-state index in [1.807, 2.05) is 18.2 Å². The lowest BCUT2D eigenvalue weighted by atomic mass is 9.79. The van der Waals surface area contributed by atoms with Crippen molar-refractivity contribution in [2.24, 2.45) is 0 Å². The molecular weight excluding hydrogens is 403 g/mol. The molecule has 3 N–H and O–H groups in total. The highest BCUT2D eigenvalue weighted by Gasteiger charge is 2.38. The van der Waals surface area contributed by atoms with Crippen LogP contribution in [0.4, 0.5) is 4.39 Å². The Hall–Kier alpha value is -2.73. The van der Waals surface area contributed by atoms with Gasteiger partial charge >= 0.3 is 0 Å². The lowest BCUT2D eigenvalue weighted by Crippen LogP contribution is -2.62. The fraction of sp³-hybridized carbons (Fsp3) is 0.462. The second kappa shape index (κ2) is 8.66. The maximum absolute atomic E-state index is 14.0. The van der Waals surface area contributed by atoms with E-state index in [0.29, 0.717) is 19.3 Å². The molecule has 1 aliphatic heterocycles. The molecule has 0 spiro atoms. The predicted octanol–water partition coefficient (Wildman–Crippen LogP) is 5.12. The standard InChI is InChI=1S/C26H33FN4O/c1-25(2)15-18(16-26(3,4)31-25)29-23(32)10-7-8-19-20-14-17(27)11-12-21(20)30-24(19)22-9-5-6-13-28-22/h5-6,9,11-14,18,30-31H,7-8,10,15-16H2,1-4H3,(H,29,32). The minimum absolute atomic E-state index is 0.00854. The van der Waals surface area contributed by atoms with Crippen molar-refractivity contribution in [1.82, 2.24) is 20.6 Å². The number of nitrogens with zero attached hydrogens (tertiary/aromatic N) is 1. The molecule has 0 saturated carbocycles. The quantitative estimate of drug-likeness (QED) is 0.502. The Kier molecular flexibility index (Phi) is 6.08. The molecule has 1 amide bonds. The summed E-state index contributed by atoms with van der Waals surface area (Å²) < 4.78 is 14.0. The van der Waals surface area contributed by atoms with E-state index in [-0.39, 0.29) is 28.8 Å². The maximum atomic E-state index is 14.0. The first-order chi connectivity index (χ1) is 15.1. The highest BCUT2D eigenvalue weighted by molar-refractivity contribution is 5.90. The molecule has 32 heavy (non-hydrogen) atoms. The molecule has 0 unspecified atom stereocenters. The average molecular weight is 437 g/mol. The number of amides is 1. The number of rotatable bonds is 6. The van der Waals surface area contributed by atoms with Gasteiger partial charge in [0.2, 0.25) is 5.91 Å². The molecule has 0 atom stereocenters. The topological polar surface area (TPSA) is 69.8 Å². The summed E-state index contributed by atoms with van der Waals surface area (Å²) in [5.41, 5.74) is 3.59. The van der Waals surface area contributed by atoms with Crippen molar-refractivity contribution in [3.8, 4) is 11.4 Å². The molecule has 1 aliphatic rings. The first-order valence-corrected chi connectivity index (χ1v) is 11.4. The summed E-state index contributed by atoms with van der Waals surface area (Å²) in [6, 6.07) is 10.7. The zero-order valence-electron chi connectivity index (χ0n) is 19.4. The number of benzene rings is 1. The Balaban J connectivity index is 1.45. The van der Waals surface area contributed by atoms with Gasteiger partial charge in [0.05, 0.1) is 11.4 Å². The van der Waals surface area contributed by atoms with Gasteiger partial charge in [-0.1, -0.05) is 6.07 Å². The zero-order valence-corrected chi connectivity index (χ0v) is 19.4. The van der Waals surface area contributed by atoms with E-state index in [1.54, 1.807) is 18.3 Å². The third-order valence-corrected chi connectivity index (χ3v) is 6.18. The van der Waals surface area contributed by atoms with E-state index in [1.165, 1.54) is 6.07 Å². The third-order valence-electron chi connectivity index (χ3n) is 6.18. The Morgan fingerprint density at radius 3 is 2.59 bits per heavy atom. The second-order valence-corrected chi connectivity index (χ2v) is 10.3. The van der Waals surface area contributed by atoms with Crippen molar-refractivity contribution in [2.75, 3.05) is 0 Å². The molecule has 1 fully saturated rings. The van der Waals surface area contributed by atoms with Gasteiger partial charge in [0, 0.05) is 40.6 Å². The summed E-state index contributed by atoms with van der Waals surface area (Å²) in [4.78, 5) is 20.6. The lowest BCUT2D eigenvalue weighted by Gasteiger charge is -2.46. The minimum atomic E-state index is -0.265. The second-order valence-electron chi connectivity index (χ2n) is 10.3. The van der Waals surface area contributed by atoms with Crippen LogP contribution in [0, 0.1) is 5.82 Å². The summed E-state index contributed by atoms with van der Waals surface area (Å²) in [6.07, 6.45) is 5.37. The number of H-pyrrole nitrogens is 1. The summed E-state index contributed by atoms with van der Waals surface area (Å²) in [6.45, 7) is 8.73. The van der Waals surface area contributed by atoms with E-state index >= 15 is 0 Å². The van der Waals surface area contributed by atoms with Crippen molar-refractivity contribution in [2.45, 2.75) is 76.9 Å². The number of nitrogens with one attached hydrogen (secondary N) is 3. The normalized spacial score (nSPS) is 18.0. The van der Waals surface area contributed by atoms with Gasteiger partial charge in [-0.25, -0.2) is 4.39 Å². The van der Waals surface area contributed by atoms with Gasteiger partial charge in [0.1, 0.15) is 5.82 Å². The smallest absolute Gasteiger partial charge is 0.220 e. The molecule has 4 rings (SSSR count). The van der Waals surface area contributed by atoms with Crippen molar-refractivity contribution >= 4 is 16.8 Å². The lowest BCUT2D eigenvalue weighted by molar-refractivity contribution is -0.122. The average Bonchev–Trinajstić information content (AvgIpc) is 3.04. The number of halogens is 1. The molecule has 1 aromatic carbocycles. The van der Waals surface area contributed by atoms with Gasteiger partial charge in [-0.3, -0.25) is 9.78 Å². The molecule has 0 radical (unpaired) electrons. The van der Waals surface area contributed by atoms with E-state index < -0.39 is 0 Å². The molecular formula is C26H33FN4O. The Morgan fingerprint density at radius 2 is 1.91 bits per heavy atom. The van der Waals surface area contributed by atoms with Crippen LogP contribution in [0.25, 0.3) is 22.3 Å². The number of piperidine rings is 1. The molecule has 6 heteroatoms. The Labute approximate surface area is 189 Å². The first-order valence-electron chi connectivity index (χ1n) is 11.4. The Morgan fingerprint density at radius 1 is 1.16 bits per heavy atom. The molecule has 170 valence electrons. The number of aromatic nitrogens is 2. The third kappa shape index (κ3) is 5.18. The summed E-state index contributed by atoms with van der Waals surface area (Å²) in [5, 5.41) is 7.75. The number of fused-ring (bicyclic) bond motifs is 1.